The highest BCUT2D eigenvalue weighted by molar-refractivity contribution is 6.21. The lowest BCUT2D eigenvalue weighted by Crippen LogP contribution is -1.91. The zero-order chi connectivity index (χ0) is 37.0. The fraction of sp³-hybridized carbons (Fsp3) is 0. The van der Waals surface area contributed by atoms with E-state index in [4.69, 9.17) is 0 Å². The molecule has 0 heterocycles. The van der Waals surface area contributed by atoms with E-state index >= 15 is 0 Å². The molecule has 0 aliphatic carbocycles. The van der Waals surface area contributed by atoms with Gasteiger partial charge in [0, 0.05) is 0 Å². The molecule has 0 aliphatic heterocycles. The highest BCUT2D eigenvalue weighted by Gasteiger charge is 2.17. The molecule has 11 rings (SSSR count). The first-order valence-electron chi connectivity index (χ1n) is 19.4. The standard InChI is InChI=1S/C56H36/c1-2-14-39(15-3-1)55-51-18-8-10-20-53(51)56(54-21-11-9-19-52(54)55)47-29-28-42-32-46(27-26-43(42)33-47)50-35-48(44-24-22-37-12-4-6-16-40(37)30-44)34-49(36-50)45-25-23-38-13-5-7-17-41(38)31-45/h1-36H. The summed E-state index contributed by atoms with van der Waals surface area (Å²) in [5.41, 5.74) is 12.3. The van der Waals surface area contributed by atoms with Gasteiger partial charge in [0.25, 0.3) is 0 Å². The van der Waals surface area contributed by atoms with Crippen molar-refractivity contribution in [1.82, 2.24) is 0 Å². The number of rotatable bonds is 5. The predicted molar refractivity (Wildman–Crippen MR) is 241 cm³/mol. The van der Waals surface area contributed by atoms with Crippen LogP contribution in [0.15, 0.2) is 218 Å². The highest BCUT2D eigenvalue weighted by atomic mass is 14.2. The largest absolute Gasteiger partial charge is 0.0622 e. The lowest BCUT2D eigenvalue weighted by Gasteiger charge is -2.18. The molecule has 0 aromatic heterocycles. The van der Waals surface area contributed by atoms with Crippen molar-refractivity contribution < 1.29 is 0 Å². The second-order valence-electron chi connectivity index (χ2n) is 14.9. The molecule has 0 saturated heterocycles. The molecule has 260 valence electrons. The summed E-state index contributed by atoms with van der Waals surface area (Å²) in [6, 6.07) is 80.5. The molecule has 0 atom stereocenters. The molecule has 0 radical (unpaired) electrons. The zero-order valence-electron chi connectivity index (χ0n) is 30.8. The molecule has 56 heavy (non-hydrogen) atoms. The molecule has 11 aromatic carbocycles. The Morgan fingerprint density at radius 2 is 0.464 bits per heavy atom. The number of benzene rings is 11. The van der Waals surface area contributed by atoms with Gasteiger partial charge in [-0.3, -0.25) is 0 Å². The summed E-state index contributed by atoms with van der Waals surface area (Å²) in [4.78, 5) is 0. The average molecular weight is 709 g/mol. The van der Waals surface area contributed by atoms with E-state index in [-0.39, 0.29) is 0 Å². The van der Waals surface area contributed by atoms with Crippen molar-refractivity contribution in [3.63, 3.8) is 0 Å². The van der Waals surface area contributed by atoms with Crippen molar-refractivity contribution in [2.75, 3.05) is 0 Å². The SMILES string of the molecule is c1ccc(-c2c3ccccc3c(-c3ccc4cc(-c5cc(-c6ccc7ccccc7c6)cc(-c6ccc7ccccc7c6)c5)ccc4c3)c3ccccc23)cc1. The Hall–Kier alpha value is -7.28. The van der Waals surface area contributed by atoms with Crippen molar-refractivity contribution in [2.45, 2.75) is 0 Å². The van der Waals surface area contributed by atoms with Crippen LogP contribution in [0.5, 0.6) is 0 Å². The minimum atomic E-state index is 1.21. The van der Waals surface area contributed by atoms with Crippen LogP contribution in [0.2, 0.25) is 0 Å². The first-order valence-corrected chi connectivity index (χ1v) is 19.4. The molecule has 0 heteroatoms. The molecule has 11 aromatic rings. The van der Waals surface area contributed by atoms with Crippen LogP contribution in [0.25, 0.3) is 109 Å². The highest BCUT2D eigenvalue weighted by Crippen LogP contribution is 2.44. The maximum atomic E-state index is 2.38. The Bertz CT molecular complexity index is 3140. The normalized spacial score (nSPS) is 11.6. The van der Waals surface area contributed by atoms with Gasteiger partial charge in [-0.1, -0.05) is 176 Å². The van der Waals surface area contributed by atoms with E-state index in [1.165, 1.54) is 109 Å². The Balaban J connectivity index is 1.06. The topological polar surface area (TPSA) is 0 Å². The van der Waals surface area contributed by atoms with E-state index < -0.39 is 0 Å². The maximum absolute atomic E-state index is 2.38. The Morgan fingerprint density at radius 1 is 0.161 bits per heavy atom. The van der Waals surface area contributed by atoms with E-state index in [1.807, 2.05) is 0 Å². The van der Waals surface area contributed by atoms with Crippen LogP contribution in [0.1, 0.15) is 0 Å². The summed E-state index contributed by atoms with van der Waals surface area (Å²) in [6.45, 7) is 0. The third-order valence-corrected chi connectivity index (χ3v) is 11.6. The van der Waals surface area contributed by atoms with Gasteiger partial charge in [0.05, 0.1) is 0 Å². The van der Waals surface area contributed by atoms with E-state index in [0.29, 0.717) is 0 Å². The van der Waals surface area contributed by atoms with Gasteiger partial charge in [0.15, 0.2) is 0 Å². The fourth-order valence-electron chi connectivity index (χ4n) is 8.80. The van der Waals surface area contributed by atoms with Gasteiger partial charge < -0.3 is 0 Å². The Kier molecular flexibility index (Phi) is 7.60. The monoisotopic (exact) mass is 708 g/mol. The zero-order valence-corrected chi connectivity index (χ0v) is 30.8. The second-order valence-corrected chi connectivity index (χ2v) is 14.9. The molecule has 0 amide bonds. The quantitative estimate of drug-likeness (QED) is 0.156. The van der Waals surface area contributed by atoms with Crippen molar-refractivity contribution in [3.05, 3.63) is 218 Å². The van der Waals surface area contributed by atoms with Gasteiger partial charge in [-0.05, 0) is 152 Å². The minimum Gasteiger partial charge on any atom is -0.0622 e. The van der Waals surface area contributed by atoms with Crippen LogP contribution in [0.4, 0.5) is 0 Å². The van der Waals surface area contributed by atoms with Gasteiger partial charge in [-0.15, -0.1) is 0 Å². The lowest BCUT2D eigenvalue weighted by atomic mass is 9.85. The van der Waals surface area contributed by atoms with Crippen molar-refractivity contribution in [2.24, 2.45) is 0 Å². The lowest BCUT2D eigenvalue weighted by molar-refractivity contribution is 1.59. The van der Waals surface area contributed by atoms with E-state index in [0.717, 1.165) is 0 Å². The van der Waals surface area contributed by atoms with E-state index in [1.54, 1.807) is 0 Å². The summed E-state index contributed by atoms with van der Waals surface area (Å²) in [5, 5.41) is 12.6. The van der Waals surface area contributed by atoms with Gasteiger partial charge in [-0.25, -0.2) is 0 Å². The summed E-state index contributed by atoms with van der Waals surface area (Å²) in [7, 11) is 0. The van der Waals surface area contributed by atoms with E-state index in [2.05, 4.69) is 218 Å². The van der Waals surface area contributed by atoms with Crippen LogP contribution < -0.4 is 0 Å². The first kappa shape index (κ1) is 32.2. The Morgan fingerprint density at radius 3 is 0.911 bits per heavy atom. The number of hydrogen-bond donors (Lipinski definition) is 0. The van der Waals surface area contributed by atoms with Crippen molar-refractivity contribution in [1.29, 1.82) is 0 Å². The molecule has 0 bridgehead atoms. The van der Waals surface area contributed by atoms with Crippen molar-refractivity contribution >= 4 is 53.9 Å². The summed E-state index contributed by atoms with van der Waals surface area (Å²) in [5.74, 6) is 0. The molecule has 0 N–H and O–H groups in total. The average Bonchev–Trinajstić information content (AvgIpc) is 3.27. The molecule has 0 aliphatic rings. The van der Waals surface area contributed by atoms with Crippen molar-refractivity contribution in [3.8, 4) is 55.6 Å². The van der Waals surface area contributed by atoms with Gasteiger partial charge >= 0.3 is 0 Å². The Labute approximate surface area is 326 Å². The predicted octanol–water partition coefficient (Wildman–Crippen LogP) is 15.8. The van der Waals surface area contributed by atoms with Crippen LogP contribution in [0, 0.1) is 0 Å². The minimum absolute atomic E-state index is 1.21. The smallest absolute Gasteiger partial charge is 0.00262 e. The second kappa shape index (κ2) is 13.2. The van der Waals surface area contributed by atoms with Crippen LogP contribution in [-0.2, 0) is 0 Å². The number of fused-ring (bicyclic) bond motifs is 5. The van der Waals surface area contributed by atoms with Gasteiger partial charge in [0.1, 0.15) is 0 Å². The number of hydrogen-bond acceptors (Lipinski definition) is 0. The van der Waals surface area contributed by atoms with Crippen LogP contribution >= 0.6 is 0 Å². The molecule has 0 spiro atoms. The molecule has 0 unspecified atom stereocenters. The summed E-state index contributed by atoms with van der Waals surface area (Å²) >= 11 is 0. The third-order valence-electron chi connectivity index (χ3n) is 11.6. The van der Waals surface area contributed by atoms with Crippen LogP contribution in [-0.4, -0.2) is 0 Å². The molecular weight excluding hydrogens is 673 g/mol. The molecule has 0 fully saturated rings. The summed E-state index contributed by atoms with van der Waals surface area (Å²) < 4.78 is 0. The third kappa shape index (κ3) is 5.54. The molecular formula is C56H36. The van der Waals surface area contributed by atoms with E-state index in [9.17, 15) is 0 Å². The van der Waals surface area contributed by atoms with Gasteiger partial charge in [-0.2, -0.15) is 0 Å². The molecule has 0 nitrogen and oxygen atoms in total. The fourth-order valence-corrected chi connectivity index (χ4v) is 8.80. The maximum Gasteiger partial charge on any atom is -0.00262 e. The van der Waals surface area contributed by atoms with Gasteiger partial charge in [0.2, 0.25) is 0 Å². The summed E-state index contributed by atoms with van der Waals surface area (Å²) in [6.07, 6.45) is 0. The first-order chi connectivity index (χ1) is 27.7. The van der Waals surface area contributed by atoms with Crippen LogP contribution in [0.3, 0.4) is 0 Å². The molecule has 0 saturated carbocycles.